The molecular weight excluding hydrogens is 329 g/mol. The quantitative estimate of drug-likeness (QED) is 0.648. The van der Waals surface area contributed by atoms with E-state index in [1.807, 2.05) is 52.8 Å². The third-order valence-electron chi connectivity index (χ3n) is 5.11. The second kappa shape index (κ2) is 7.37. The summed E-state index contributed by atoms with van der Waals surface area (Å²) >= 11 is 0. The van der Waals surface area contributed by atoms with Crippen LogP contribution in [0.25, 0.3) is 6.08 Å². The summed E-state index contributed by atoms with van der Waals surface area (Å²) < 4.78 is 12.3. The minimum Gasteiger partial charge on any atom is -0.400 e. The van der Waals surface area contributed by atoms with E-state index in [2.05, 4.69) is 5.32 Å². The van der Waals surface area contributed by atoms with Crippen molar-refractivity contribution in [3.63, 3.8) is 0 Å². The highest BCUT2D eigenvalue weighted by Crippen LogP contribution is 2.38. The Morgan fingerprint density at radius 3 is 2.15 bits per heavy atom. The van der Waals surface area contributed by atoms with Crippen LogP contribution in [0, 0.1) is 6.92 Å². The van der Waals surface area contributed by atoms with Crippen molar-refractivity contribution in [3.05, 3.63) is 40.4 Å². The lowest BCUT2D eigenvalue weighted by molar-refractivity contribution is -0.118. The maximum absolute atomic E-state index is 11.6. The lowest BCUT2D eigenvalue weighted by atomic mass is 9.76. The highest BCUT2D eigenvalue weighted by molar-refractivity contribution is 6.56. The normalized spacial score (nSPS) is 18.7. The summed E-state index contributed by atoms with van der Waals surface area (Å²) in [7, 11) is -0.543. The fourth-order valence-corrected chi connectivity index (χ4v) is 2.68. The van der Waals surface area contributed by atoms with Gasteiger partial charge >= 0.3 is 7.12 Å². The molecule has 0 radical (unpaired) electrons. The Morgan fingerprint density at radius 2 is 1.69 bits per heavy atom. The molecule has 0 saturated carbocycles. The van der Waals surface area contributed by atoms with Crippen LogP contribution in [0.2, 0.25) is 0 Å². The van der Waals surface area contributed by atoms with Crippen LogP contribution in [0.1, 0.15) is 63.0 Å². The molecule has 5 nitrogen and oxygen atoms in total. The average Bonchev–Trinajstić information content (AvgIpc) is 2.72. The molecule has 0 bridgehead atoms. The smallest absolute Gasteiger partial charge is 0.400 e. The van der Waals surface area contributed by atoms with Gasteiger partial charge in [0, 0.05) is 19.0 Å². The van der Waals surface area contributed by atoms with Gasteiger partial charge in [-0.3, -0.25) is 9.59 Å². The Morgan fingerprint density at radius 1 is 1.12 bits per heavy atom. The predicted octanol–water partition coefficient (Wildman–Crippen LogP) is 3.35. The van der Waals surface area contributed by atoms with Crippen molar-refractivity contribution in [1.29, 1.82) is 0 Å². The molecule has 1 amide bonds. The second-order valence-corrected chi connectivity index (χ2v) is 7.84. The molecule has 1 aromatic carbocycles. The first kappa shape index (κ1) is 20.4. The fraction of sp³-hybridized carbons (Fsp3) is 0.500. The first-order valence-corrected chi connectivity index (χ1v) is 8.85. The Bertz CT molecular complexity index is 736. The number of amides is 1. The van der Waals surface area contributed by atoms with E-state index in [4.69, 9.17) is 9.31 Å². The summed E-state index contributed by atoms with van der Waals surface area (Å²) in [4.78, 5) is 23.0. The number of carbonyl (C=O) groups excluding carboxylic acids is 2. The molecule has 1 aromatic rings. The SMILES string of the molecule is CC(=O)NCC(=Cc1ccc(C(C)=O)cc1C)B1OC(C)(C)C(C)(C)O1. The fourth-order valence-electron chi connectivity index (χ4n) is 2.68. The zero-order valence-corrected chi connectivity index (χ0v) is 16.7. The van der Waals surface area contributed by atoms with Crippen LogP contribution in [-0.2, 0) is 14.1 Å². The highest BCUT2D eigenvalue weighted by atomic mass is 16.7. The van der Waals surface area contributed by atoms with E-state index in [1.165, 1.54) is 6.92 Å². The number of Topliss-reactive ketones (excluding diaryl/α,β-unsaturated/α-hetero) is 1. The van der Waals surface area contributed by atoms with E-state index < -0.39 is 18.3 Å². The van der Waals surface area contributed by atoms with Crippen LogP contribution < -0.4 is 5.32 Å². The molecule has 1 heterocycles. The van der Waals surface area contributed by atoms with Crippen molar-refractivity contribution in [1.82, 2.24) is 5.32 Å². The van der Waals surface area contributed by atoms with Crippen LogP contribution in [0.5, 0.6) is 0 Å². The molecule has 140 valence electrons. The van der Waals surface area contributed by atoms with Crippen molar-refractivity contribution in [2.75, 3.05) is 6.54 Å². The largest absolute Gasteiger partial charge is 0.492 e. The number of rotatable bonds is 5. The second-order valence-electron chi connectivity index (χ2n) is 7.84. The van der Waals surface area contributed by atoms with E-state index in [0.29, 0.717) is 12.1 Å². The molecule has 1 saturated heterocycles. The third-order valence-corrected chi connectivity index (χ3v) is 5.11. The molecule has 0 spiro atoms. The summed E-state index contributed by atoms with van der Waals surface area (Å²) in [5.74, 6) is -0.0795. The number of carbonyl (C=O) groups is 2. The van der Waals surface area contributed by atoms with Crippen LogP contribution in [0.15, 0.2) is 23.7 Å². The first-order valence-electron chi connectivity index (χ1n) is 8.85. The van der Waals surface area contributed by atoms with Crippen molar-refractivity contribution < 1.29 is 18.9 Å². The third kappa shape index (κ3) is 4.43. The summed E-state index contributed by atoms with van der Waals surface area (Å²) in [5.41, 5.74) is 2.54. The minimum atomic E-state index is -0.543. The van der Waals surface area contributed by atoms with Crippen molar-refractivity contribution in [3.8, 4) is 0 Å². The standard InChI is InChI=1S/C20H28BNO4/c1-13-10-17(14(2)23)9-8-16(13)11-18(12-22-15(3)24)21-25-19(4,5)20(6,7)26-21/h8-11H,12H2,1-7H3,(H,22,24). The Hall–Kier alpha value is -1.92. The molecule has 1 N–H and O–H groups in total. The molecule has 0 aromatic heterocycles. The lowest BCUT2D eigenvalue weighted by Gasteiger charge is -2.32. The van der Waals surface area contributed by atoms with E-state index in [1.54, 1.807) is 13.0 Å². The molecule has 1 fully saturated rings. The molecule has 0 atom stereocenters. The van der Waals surface area contributed by atoms with Crippen LogP contribution >= 0.6 is 0 Å². The van der Waals surface area contributed by atoms with Gasteiger partial charge in [-0.25, -0.2) is 0 Å². The molecule has 1 aliphatic rings. The summed E-state index contributed by atoms with van der Waals surface area (Å²) in [6, 6.07) is 5.58. The number of benzene rings is 1. The summed E-state index contributed by atoms with van der Waals surface area (Å²) in [6.07, 6.45) is 1.97. The van der Waals surface area contributed by atoms with Gasteiger partial charge in [-0.15, -0.1) is 0 Å². The molecule has 26 heavy (non-hydrogen) atoms. The van der Waals surface area contributed by atoms with Gasteiger partial charge in [0.25, 0.3) is 0 Å². The van der Waals surface area contributed by atoms with Gasteiger partial charge in [-0.2, -0.15) is 0 Å². The van der Waals surface area contributed by atoms with E-state index in [0.717, 1.165) is 16.6 Å². The van der Waals surface area contributed by atoms with Crippen LogP contribution in [-0.4, -0.2) is 36.6 Å². The number of hydrogen-bond donors (Lipinski definition) is 1. The predicted molar refractivity (Wildman–Crippen MR) is 104 cm³/mol. The summed E-state index contributed by atoms with van der Waals surface area (Å²) in [6.45, 7) is 13.3. The van der Waals surface area contributed by atoms with Crippen molar-refractivity contribution >= 4 is 24.9 Å². The maximum atomic E-state index is 11.6. The van der Waals surface area contributed by atoms with Gasteiger partial charge < -0.3 is 14.6 Å². The van der Waals surface area contributed by atoms with Gasteiger partial charge in [0.1, 0.15) is 0 Å². The number of hydrogen-bond acceptors (Lipinski definition) is 4. The van der Waals surface area contributed by atoms with Gasteiger partial charge in [0.15, 0.2) is 5.78 Å². The van der Waals surface area contributed by atoms with Gasteiger partial charge in [0.05, 0.1) is 11.2 Å². The van der Waals surface area contributed by atoms with E-state index in [-0.39, 0.29) is 11.7 Å². The number of ketones is 1. The maximum Gasteiger partial charge on any atom is 0.492 e. The number of nitrogens with one attached hydrogen (secondary N) is 1. The Kier molecular flexibility index (Phi) is 5.78. The minimum absolute atomic E-state index is 0.0352. The molecular formula is C20H28BNO4. The van der Waals surface area contributed by atoms with Gasteiger partial charge in [0.2, 0.25) is 5.91 Å². The van der Waals surface area contributed by atoms with Crippen LogP contribution in [0.4, 0.5) is 0 Å². The Balaban J connectivity index is 2.38. The van der Waals surface area contributed by atoms with Crippen LogP contribution in [0.3, 0.4) is 0 Å². The number of aryl methyl sites for hydroxylation is 1. The Labute approximate surface area is 156 Å². The monoisotopic (exact) mass is 357 g/mol. The zero-order valence-electron chi connectivity index (χ0n) is 16.7. The molecule has 6 heteroatoms. The topological polar surface area (TPSA) is 64.6 Å². The van der Waals surface area contributed by atoms with E-state index in [9.17, 15) is 9.59 Å². The molecule has 0 unspecified atom stereocenters. The zero-order chi connectivity index (χ0) is 19.7. The molecule has 2 rings (SSSR count). The summed E-state index contributed by atoms with van der Waals surface area (Å²) in [5, 5.41) is 2.83. The van der Waals surface area contributed by atoms with Crippen molar-refractivity contribution in [2.24, 2.45) is 0 Å². The van der Waals surface area contributed by atoms with E-state index >= 15 is 0 Å². The first-order chi connectivity index (χ1) is 11.9. The average molecular weight is 357 g/mol. The molecule has 0 aliphatic carbocycles. The molecule has 1 aliphatic heterocycles. The van der Waals surface area contributed by atoms with Gasteiger partial charge in [-0.1, -0.05) is 18.2 Å². The van der Waals surface area contributed by atoms with Gasteiger partial charge in [-0.05, 0) is 64.2 Å². The highest BCUT2D eigenvalue weighted by Gasteiger charge is 2.52. The van der Waals surface area contributed by atoms with Crippen molar-refractivity contribution in [2.45, 2.75) is 59.7 Å². The lowest BCUT2D eigenvalue weighted by Crippen LogP contribution is -2.41.